The number of rotatable bonds is 1. The molecule has 4 heteroatoms. The molecule has 1 unspecified atom stereocenters. The van der Waals surface area contributed by atoms with E-state index in [2.05, 4.69) is 4.74 Å². The molecule has 1 aliphatic rings. The van der Waals surface area contributed by atoms with Crippen molar-refractivity contribution < 1.29 is 14.3 Å². The standard InChI is InChI=1S/C6H9O3S/c1-9-6(8)4-2-10-3-5(4)7/h4,10H,2-3H2,1H3. The molecule has 0 aromatic heterocycles. The van der Waals surface area contributed by atoms with Crippen LogP contribution in [-0.2, 0) is 14.3 Å². The lowest BCUT2D eigenvalue weighted by Crippen LogP contribution is -2.23. The van der Waals surface area contributed by atoms with E-state index in [0.717, 1.165) is 11.8 Å². The summed E-state index contributed by atoms with van der Waals surface area (Å²) in [4.78, 5) is 21.6. The monoisotopic (exact) mass is 161 g/mol. The van der Waals surface area contributed by atoms with E-state index in [9.17, 15) is 9.59 Å². The number of esters is 1. The maximum absolute atomic E-state index is 10.9. The predicted molar refractivity (Wildman–Crippen MR) is 39.2 cm³/mol. The molecule has 0 N–H and O–H groups in total. The summed E-state index contributed by atoms with van der Waals surface area (Å²) in [5, 5.41) is 0. The van der Waals surface area contributed by atoms with Crippen LogP contribution in [0.15, 0.2) is 0 Å². The highest BCUT2D eigenvalue weighted by Crippen LogP contribution is 2.20. The number of carbonyl (C=O) groups excluding carboxylic acids is 2. The summed E-state index contributed by atoms with van der Waals surface area (Å²) >= 11 is 1.05. The van der Waals surface area contributed by atoms with Crippen molar-refractivity contribution in [3.8, 4) is 0 Å². The van der Waals surface area contributed by atoms with Crippen molar-refractivity contribution in [1.82, 2.24) is 0 Å². The van der Waals surface area contributed by atoms with Crippen LogP contribution in [-0.4, -0.2) is 30.4 Å². The number of ether oxygens (including phenoxy) is 1. The van der Waals surface area contributed by atoms with E-state index in [1.807, 2.05) is 0 Å². The summed E-state index contributed by atoms with van der Waals surface area (Å²) in [7, 11) is 1.31. The van der Waals surface area contributed by atoms with Crippen LogP contribution in [0.2, 0.25) is 0 Å². The number of carbonyl (C=O) groups is 2. The summed E-state index contributed by atoms with van der Waals surface area (Å²) in [6, 6.07) is 0. The van der Waals surface area contributed by atoms with Gasteiger partial charge in [0, 0.05) is 11.5 Å². The molecule has 0 aromatic carbocycles. The van der Waals surface area contributed by atoms with Gasteiger partial charge in [-0.25, -0.2) is 11.8 Å². The van der Waals surface area contributed by atoms with Gasteiger partial charge in [0.25, 0.3) is 0 Å². The van der Waals surface area contributed by atoms with Gasteiger partial charge >= 0.3 is 5.97 Å². The highest BCUT2D eigenvalue weighted by molar-refractivity contribution is 8.00. The van der Waals surface area contributed by atoms with Gasteiger partial charge in [0.1, 0.15) is 5.92 Å². The van der Waals surface area contributed by atoms with E-state index in [1.54, 1.807) is 0 Å². The van der Waals surface area contributed by atoms with E-state index in [-0.39, 0.29) is 11.8 Å². The molecule has 1 heterocycles. The average molecular weight is 161 g/mol. The average Bonchev–Trinajstić information content (AvgIpc) is 2.34. The minimum atomic E-state index is -0.466. The fourth-order valence-electron chi connectivity index (χ4n) is 0.864. The maximum atomic E-state index is 10.9. The topological polar surface area (TPSA) is 43.4 Å². The molecular formula is C6H9O3S. The van der Waals surface area contributed by atoms with Crippen molar-refractivity contribution in [3.05, 3.63) is 0 Å². The molecule has 0 spiro atoms. The molecule has 0 aromatic rings. The van der Waals surface area contributed by atoms with E-state index in [4.69, 9.17) is 0 Å². The minimum Gasteiger partial charge on any atom is -0.468 e. The molecule has 0 amide bonds. The van der Waals surface area contributed by atoms with Gasteiger partial charge in [-0.1, -0.05) is 0 Å². The molecule has 10 heavy (non-hydrogen) atoms. The fraction of sp³-hybridized carbons (Fsp3) is 0.667. The summed E-state index contributed by atoms with van der Waals surface area (Å²) in [5.41, 5.74) is 0. The van der Waals surface area contributed by atoms with E-state index >= 15 is 0 Å². The Balaban J connectivity index is 2.55. The molecule has 1 saturated heterocycles. The number of hydrogen-bond acceptors (Lipinski definition) is 3. The first-order valence-electron chi connectivity index (χ1n) is 2.99. The molecule has 1 fully saturated rings. The zero-order valence-electron chi connectivity index (χ0n) is 5.66. The summed E-state index contributed by atoms with van der Waals surface area (Å²) in [5.74, 6) is 0.334. The normalized spacial score (nSPS) is 24.9. The Bertz CT molecular complexity index is 166. The Morgan fingerprint density at radius 2 is 2.50 bits per heavy atom. The van der Waals surface area contributed by atoms with Crippen LogP contribution in [0.25, 0.3) is 0 Å². The zero-order valence-corrected chi connectivity index (χ0v) is 6.56. The fourth-order valence-corrected chi connectivity index (χ4v) is 2.04. The lowest BCUT2D eigenvalue weighted by atomic mass is 10.1. The largest absolute Gasteiger partial charge is 0.468 e. The van der Waals surface area contributed by atoms with Crippen molar-refractivity contribution in [3.63, 3.8) is 0 Å². The second-order valence-corrected chi connectivity index (χ2v) is 3.23. The van der Waals surface area contributed by atoms with Crippen LogP contribution in [0.3, 0.4) is 0 Å². The first-order valence-corrected chi connectivity index (χ1v) is 4.26. The van der Waals surface area contributed by atoms with Gasteiger partial charge in [0.15, 0.2) is 5.78 Å². The van der Waals surface area contributed by atoms with E-state index in [1.165, 1.54) is 7.11 Å². The van der Waals surface area contributed by atoms with Crippen LogP contribution < -0.4 is 0 Å². The molecule has 57 valence electrons. The number of ketones is 1. The van der Waals surface area contributed by atoms with Crippen molar-refractivity contribution >= 4 is 23.5 Å². The molecule has 1 aliphatic heterocycles. The Morgan fingerprint density at radius 1 is 1.80 bits per heavy atom. The Kier molecular flexibility index (Phi) is 2.32. The second-order valence-electron chi connectivity index (χ2n) is 2.11. The van der Waals surface area contributed by atoms with Gasteiger partial charge < -0.3 is 4.74 Å². The lowest BCUT2D eigenvalue weighted by Gasteiger charge is -2.02. The number of Topliss-reactive ketones (excluding diaryl/α,β-unsaturated/α-hetero) is 1. The number of thiol groups is 1. The second kappa shape index (κ2) is 3.05. The molecule has 0 aliphatic carbocycles. The van der Waals surface area contributed by atoms with Crippen LogP contribution in [0, 0.1) is 5.92 Å². The SMILES string of the molecule is COC(=O)C1C[SH]CC1=O. The molecule has 1 atom stereocenters. The summed E-state index contributed by atoms with van der Waals surface area (Å²) in [6.45, 7) is 0. The molecule has 3 nitrogen and oxygen atoms in total. The third-order valence-corrected chi connectivity index (χ3v) is 2.61. The number of hydrogen-bond donors (Lipinski definition) is 1. The van der Waals surface area contributed by atoms with Crippen LogP contribution >= 0.6 is 11.8 Å². The summed E-state index contributed by atoms with van der Waals surface area (Å²) in [6.07, 6.45) is 0. The predicted octanol–water partition coefficient (Wildman–Crippen LogP) is -0.176. The van der Waals surface area contributed by atoms with Gasteiger partial charge in [0.05, 0.1) is 7.11 Å². The van der Waals surface area contributed by atoms with Crippen molar-refractivity contribution in [2.75, 3.05) is 18.6 Å². The molecule has 0 bridgehead atoms. The molecular weight excluding hydrogens is 152 g/mol. The minimum absolute atomic E-state index is 0.0218. The smallest absolute Gasteiger partial charge is 0.317 e. The maximum Gasteiger partial charge on any atom is 0.317 e. The molecule has 0 saturated carbocycles. The van der Waals surface area contributed by atoms with Crippen LogP contribution in [0.1, 0.15) is 0 Å². The van der Waals surface area contributed by atoms with Crippen LogP contribution in [0.5, 0.6) is 0 Å². The van der Waals surface area contributed by atoms with Gasteiger partial charge in [0.2, 0.25) is 0 Å². The van der Waals surface area contributed by atoms with E-state index in [0.29, 0.717) is 11.5 Å². The van der Waals surface area contributed by atoms with Gasteiger partial charge in [-0.3, -0.25) is 9.59 Å². The van der Waals surface area contributed by atoms with E-state index < -0.39 is 5.92 Å². The Hall–Kier alpha value is -0.510. The quantitative estimate of drug-likeness (QED) is 0.330. The highest BCUT2D eigenvalue weighted by Gasteiger charge is 2.31. The Labute approximate surface area is 63.1 Å². The third kappa shape index (κ3) is 1.31. The van der Waals surface area contributed by atoms with Crippen molar-refractivity contribution in [2.45, 2.75) is 0 Å². The van der Waals surface area contributed by atoms with Crippen LogP contribution in [0.4, 0.5) is 0 Å². The highest BCUT2D eigenvalue weighted by atomic mass is 32.2. The lowest BCUT2D eigenvalue weighted by molar-refractivity contribution is -0.147. The molecule has 1 radical (unpaired) electrons. The summed E-state index contributed by atoms with van der Waals surface area (Å²) < 4.78 is 4.44. The zero-order chi connectivity index (χ0) is 7.56. The first kappa shape index (κ1) is 7.60. The number of methoxy groups -OCH3 is 1. The van der Waals surface area contributed by atoms with Crippen molar-refractivity contribution in [1.29, 1.82) is 0 Å². The third-order valence-electron chi connectivity index (χ3n) is 1.45. The van der Waals surface area contributed by atoms with Crippen molar-refractivity contribution in [2.24, 2.45) is 5.92 Å². The Morgan fingerprint density at radius 3 is 2.90 bits per heavy atom. The first-order chi connectivity index (χ1) is 4.75. The van der Waals surface area contributed by atoms with Gasteiger partial charge in [-0.2, -0.15) is 0 Å². The van der Waals surface area contributed by atoms with Gasteiger partial charge in [-0.15, -0.1) is 0 Å². The van der Waals surface area contributed by atoms with Gasteiger partial charge in [-0.05, 0) is 0 Å². The molecule has 1 rings (SSSR count).